The van der Waals surface area contributed by atoms with Crippen LogP contribution in [0.4, 0.5) is 5.69 Å². The number of amides is 1. The van der Waals surface area contributed by atoms with Gasteiger partial charge in [0.05, 0.1) is 0 Å². The number of carbonyl (C=O) groups excluding carboxylic acids is 1. The smallest absolute Gasteiger partial charge is 0.227 e. The minimum atomic E-state index is 0.189. The molecule has 1 amide bonds. The second kappa shape index (κ2) is 8.18. The highest BCUT2D eigenvalue weighted by molar-refractivity contribution is 5.95. The summed E-state index contributed by atoms with van der Waals surface area (Å²) in [7, 11) is 0. The summed E-state index contributed by atoms with van der Waals surface area (Å²) >= 11 is 0. The maximum absolute atomic E-state index is 12.4. The molecule has 0 atom stereocenters. The number of nitrogens with one attached hydrogen (secondary N) is 1. The number of rotatable bonds is 5. The molecule has 24 heavy (non-hydrogen) atoms. The van der Waals surface area contributed by atoms with Crippen molar-refractivity contribution in [3.8, 4) is 0 Å². The van der Waals surface area contributed by atoms with Gasteiger partial charge >= 0.3 is 0 Å². The lowest BCUT2D eigenvalue weighted by Crippen LogP contribution is -2.41. The van der Waals surface area contributed by atoms with Crippen molar-refractivity contribution in [2.45, 2.75) is 57.4 Å². The third-order valence-electron chi connectivity index (χ3n) is 4.98. The SMILES string of the molecule is NC(=NCCCC(=O)N1CCc2ccccc21)NC1CCCCC1. The number of para-hydroxylation sites is 1. The van der Waals surface area contributed by atoms with Crippen molar-refractivity contribution in [2.24, 2.45) is 10.7 Å². The van der Waals surface area contributed by atoms with Gasteiger partial charge in [-0.15, -0.1) is 0 Å². The van der Waals surface area contributed by atoms with Crippen molar-refractivity contribution < 1.29 is 4.79 Å². The van der Waals surface area contributed by atoms with Gasteiger partial charge < -0.3 is 16.0 Å². The highest BCUT2D eigenvalue weighted by atomic mass is 16.2. The van der Waals surface area contributed by atoms with E-state index in [9.17, 15) is 4.79 Å². The normalized spacial score (nSPS) is 18.5. The minimum Gasteiger partial charge on any atom is -0.370 e. The molecule has 5 heteroatoms. The van der Waals surface area contributed by atoms with E-state index in [0.717, 1.165) is 25.1 Å². The van der Waals surface area contributed by atoms with E-state index in [0.29, 0.717) is 25.0 Å². The maximum atomic E-state index is 12.4. The van der Waals surface area contributed by atoms with Gasteiger partial charge in [-0.25, -0.2) is 0 Å². The van der Waals surface area contributed by atoms with Crippen LogP contribution in [0.2, 0.25) is 0 Å². The van der Waals surface area contributed by atoms with Crippen LogP contribution in [0.1, 0.15) is 50.5 Å². The Kier molecular flexibility index (Phi) is 5.72. The zero-order valence-corrected chi connectivity index (χ0v) is 14.3. The highest BCUT2D eigenvalue weighted by Crippen LogP contribution is 2.28. The lowest BCUT2D eigenvalue weighted by Gasteiger charge is -2.23. The number of carbonyl (C=O) groups is 1. The van der Waals surface area contributed by atoms with E-state index in [1.807, 2.05) is 23.1 Å². The van der Waals surface area contributed by atoms with Gasteiger partial charge in [0.15, 0.2) is 5.96 Å². The Bertz CT molecular complexity index is 593. The van der Waals surface area contributed by atoms with E-state index >= 15 is 0 Å². The van der Waals surface area contributed by atoms with Crippen molar-refractivity contribution in [2.75, 3.05) is 18.0 Å². The van der Waals surface area contributed by atoms with E-state index in [1.165, 1.54) is 37.7 Å². The second-order valence-electron chi connectivity index (χ2n) is 6.77. The number of nitrogens with two attached hydrogens (primary N) is 1. The Morgan fingerprint density at radius 3 is 2.88 bits per heavy atom. The van der Waals surface area contributed by atoms with E-state index in [4.69, 9.17) is 5.73 Å². The average Bonchev–Trinajstić information content (AvgIpc) is 3.03. The fourth-order valence-electron chi connectivity index (χ4n) is 3.66. The molecule has 2 aliphatic rings. The van der Waals surface area contributed by atoms with Gasteiger partial charge in [0.1, 0.15) is 0 Å². The number of benzene rings is 1. The fourth-order valence-corrected chi connectivity index (χ4v) is 3.66. The van der Waals surface area contributed by atoms with Gasteiger partial charge in [-0.2, -0.15) is 0 Å². The summed E-state index contributed by atoms with van der Waals surface area (Å²) in [5.41, 5.74) is 8.29. The highest BCUT2D eigenvalue weighted by Gasteiger charge is 2.23. The first-order chi connectivity index (χ1) is 11.7. The van der Waals surface area contributed by atoms with E-state index in [1.54, 1.807) is 0 Å². The molecule has 0 bridgehead atoms. The Hall–Kier alpha value is -2.04. The number of hydrogen-bond acceptors (Lipinski definition) is 2. The summed E-state index contributed by atoms with van der Waals surface area (Å²) in [6.45, 7) is 1.40. The van der Waals surface area contributed by atoms with Crippen molar-refractivity contribution in [3.63, 3.8) is 0 Å². The topological polar surface area (TPSA) is 70.7 Å². The van der Waals surface area contributed by atoms with Crippen LogP contribution < -0.4 is 16.0 Å². The molecule has 0 unspecified atom stereocenters. The zero-order chi connectivity index (χ0) is 16.8. The molecule has 0 radical (unpaired) electrons. The first-order valence-electron chi connectivity index (χ1n) is 9.19. The van der Waals surface area contributed by atoms with Crippen LogP contribution >= 0.6 is 0 Å². The van der Waals surface area contributed by atoms with E-state index in [2.05, 4.69) is 16.4 Å². The van der Waals surface area contributed by atoms with Crippen LogP contribution in [0.15, 0.2) is 29.3 Å². The van der Waals surface area contributed by atoms with Crippen LogP contribution in [-0.4, -0.2) is 31.0 Å². The molecule has 130 valence electrons. The van der Waals surface area contributed by atoms with Crippen molar-refractivity contribution in [1.29, 1.82) is 0 Å². The lowest BCUT2D eigenvalue weighted by atomic mass is 9.96. The number of guanidine groups is 1. The van der Waals surface area contributed by atoms with Crippen LogP contribution in [0.3, 0.4) is 0 Å². The van der Waals surface area contributed by atoms with Gasteiger partial charge in [0.2, 0.25) is 5.91 Å². The molecule has 1 fully saturated rings. The molecule has 0 aromatic heterocycles. The Labute approximate surface area is 144 Å². The number of hydrogen-bond donors (Lipinski definition) is 2. The first kappa shape index (κ1) is 16.8. The predicted molar refractivity (Wildman–Crippen MR) is 98.2 cm³/mol. The van der Waals surface area contributed by atoms with Crippen molar-refractivity contribution in [3.05, 3.63) is 29.8 Å². The number of nitrogens with zero attached hydrogens (tertiary/aromatic N) is 2. The zero-order valence-electron chi connectivity index (χ0n) is 14.3. The first-order valence-corrected chi connectivity index (χ1v) is 9.19. The molecule has 0 saturated heterocycles. The molecule has 1 aliphatic carbocycles. The summed E-state index contributed by atoms with van der Waals surface area (Å²) in [6, 6.07) is 8.63. The summed E-state index contributed by atoms with van der Waals surface area (Å²) in [4.78, 5) is 18.7. The summed E-state index contributed by atoms with van der Waals surface area (Å²) < 4.78 is 0. The third kappa shape index (κ3) is 4.28. The minimum absolute atomic E-state index is 0.189. The van der Waals surface area contributed by atoms with Gasteiger partial charge in [-0.3, -0.25) is 9.79 Å². The number of anilines is 1. The van der Waals surface area contributed by atoms with Gasteiger partial charge in [0.25, 0.3) is 0 Å². The molecule has 1 aliphatic heterocycles. The largest absolute Gasteiger partial charge is 0.370 e. The Morgan fingerprint density at radius 1 is 1.25 bits per heavy atom. The van der Waals surface area contributed by atoms with Crippen molar-refractivity contribution >= 4 is 17.6 Å². The predicted octanol–water partition coefficient (Wildman–Crippen LogP) is 2.59. The molecule has 3 rings (SSSR count). The van der Waals surface area contributed by atoms with Gasteiger partial charge in [-0.05, 0) is 37.3 Å². The second-order valence-corrected chi connectivity index (χ2v) is 6.77. The summed E-state index contributed by atoms with van der Waals surface area (Å²) in [5.74, 6) is 0.717. The molecular weight excluding hydrogens is 300 g/mol. The fraction of sp³-hybridized carbons (Fsp3) is 0.579. The molecule has 5 nitrogen and oxygen atoms in total. The van der Waals surface area contributed by atoms with Crippen LogP contribution in [0.25, 0.3) is 0 Å². The Balaban J connectivity index is 1.40. The summed E-state index contributed by atoms with van der Waals surface area (Å²) in [5, 5.41) is 3.31. The number of aliphatic imine (C=N–C) groups is 1. The maximum Gasteiger partial charge on any atom is 0.227 e. The quantitative estimate of drug-likeness (QED) is 0.496. The number of fused-ring (bicyclic) bond motifs is 1. The monoisotopic (exact) mass is 328 g/mol. The molecule has 1 aromatic carbocycles. The standard InChI is InChI=1S/C19H28N4O/c20-19(22-16-8-2-1-3-9-16)21-13-6-11-18(24)23-14-12-15-7-4-5-10-17(15)23/h4-5,7,10,16H,1-3,6,8-9,11-14H2,(H3,20,21,22). The Morgan fingerprint density at radius 2 is 2.04 bits per heavy atom. The molecule has 1 saturated carbocycles. The molecule has 1 aromatic rings. The van der Waals surface area contributed by atoms with Gasteiger partial charge in [0, 0.05) is 31.2 Å². The van der Waals surface area contributed by atoms with Crippen LogP contribution in [0, 0.1) is 0 Å². The van der Waals surface area contributed by atoms with Crippen LogP contribution in [0.5, 0.6) is 0 Å². The third-order valence-corrected chi connectivity index (χ3v) is 4.98. The van der Waals surface area contributed by atoms with Gasteiger partial charge in [-0.1, -0.05) is 37.5 Å². The average molecular weight is 328 g/mol. The molecule has 1 heterocycles. The summed E-state index contributed by atoms with van der Waals surface area (Å²) in [6.07, 6.45) is 8.47. The lowest BCUT2D eigenvalue weighted by molar-refractivity contribution is -0.118. The van der Waals surface area contributed by atoms with E-state index < -0.39 is 0 Å². The molecule has 3 N–H and O–H groups in total. The molecule has 0 spiro atoms. The van der Waals surface area contributed by atoms with E-state index in [-0.39, 0.29) is 5.91 Å². The molecular formula is C19H28N4O. The van der Waals surface area contributed by atoms with Crippen molar-refractivity contribution in [1.82, 2.24) is 5.32 Å². The van der Waals surface area contributed by atoms with Crippen LogP contribution in [-0.2, 0) is 11.2 Å².